The van der Waals surface area contributed by atoms with Gasteiger partial charge in [0.05, 0.1) is 33.0 Å². The third-order valence-electron chi connectivity index (χ3n) is 2.68. The Morgan fingerprint density at radius 1 is 0.947 bits per heavy atom. The lowest BCUT2D eigenvalue weighted by molar-refractivity contribution is -0.271. The van der Waals surface area contributed by atoms with Gasteiger partial charge in [0, 0.05) is 6.61 Å². The van der Waals surface area contributed by atoms with Crippen molar-refractivity contribution in [3.05, 3.63) is 0 Å². The van der Waals surface area contributed by atoms with Crippen molar-refractivity contribution in [2.75, 3.05) is 39.6 Å². The molecular weight excluding hydrogens is 256 g/mol. The molecule has 7 nitrogen and oxygen atoms in total. The quantitative estimate of drug-likeness (QED) is 0.460. The van der Waals surface area contributed by atoms with E-state index in [4.69, 9.17) is 18.9 Å². The molecule has 0 aromatic carbocycles. The van der Waals surface area contributed by atoms with Gasteiger partial charge in [-0.1, -0.05) is 6.92 Å². The monoisotopic (exact) mass is 280 g/mol. The Morgan fingerprint density at radius 2 is 1.58 bits per heavy atom. The van der Waals surface area contributed by atoms with Gasteiger partial charge in [0.1, 0.15) is 18.3 Å². The lowest BCUT2D eigenvalue weighted by atomic mass is 10.1. The Labute approximate surface area is 113 Å². The number of ether oxygens (including phenoxy) is 4. The van der Waals surface area contributed by atoms with Crippen LogP contribution < -0.4 is 0 Å². The van der Waals surface area contributed by atoms with Gasteiger partial charge in [0.25, 0.3) is 0 Å². The van der Waals surface area contributed by atoms with E-state index in [0.29, 0.717) is 19.8 Å². The van der Waals surface area contributed by atoms with Crippen LogP contribution in [0.1, 0.15) is 13.3 Å². The highest BCUT2D eigenvalue weighted by Crippen LogP contribution is 2.16. The van der Waals surface area contributed by atoms with Gasteiger partial charge in [0.15, 0.2) is 6.29 Å². The molecule has 0 unspecified atom stereocenters. The van der Waals surface area contributed by atoms with Gasteiger partial charge < -0.3 is 34.3 Å². The summed E-state index contributed by atoms with van der Waals surface area (Å²) in [4.78, 5) is 0. The Morgan fingerprint density at radius 3 is 2.26 bits per heavy atom. The van der Waals surface area contributed by atoms with Crippen LogP contribution in [0.25, 0.3) is 0 Å². The molecule has 1 saturated heterocycles. The fourth-order valence-corrected chi connectivity index (χ4v) is 1.62. The van der Waals surface area contributed by atoms with E-state index in [-0.39, 0.29) is 13.2 Å². The molecule has 0 amide bonds. The van der Waals surface area contributed by atoms with Crippen LogP contribution in [0.15, 0.2) is 0 Å². The van der Waals surface area contributed by atoms with E-state index in [0.717, 1.165) is 13.0 Å². The molecule has 4 atom stereocenters. The first kappa shape index (κ1) is 16.8. The van der Waals surface area contributed by atoms with Crippen LogP contribution in [0, 0.1) is 0 Å². The molecule has 1 aliphatic heterocycles. The Hall–Kier alpha value is -0.280. The summed E-state index contributed by atoms with van der Waals surface area (Å²) in [5.74, 6) is 0. The molecule has 0 aromatic rings. The molecule has 1 fully saturated rings. The van der Waals surface area contributed by atoms with Crippen LogP contribution >= 0.6 is 0 Å². The summed E-state index contributed by atoms with van der Waals surface area (Å²) in [7, 11) is 0. The summed E-state index contributed by atoms with van der Waals surface area (Å²) in [5, 5.41) is 28.3. The van der Waals surface area contributed by atoms with Crippen molar-refractivity contribution >= 4 is 0 Å². The standard InChI is InChI=1S/C12H24O7/c1-2-3-16-4-5-17-6-7-18-12-11(15)10(14)9(13)8-19-12/h9-15H,2-8H2,1H3/t9-,10+,11+,12+/m0/s1. The number of hydrogen-bond acceptors (Lipinski definition) is 7. The first-order valence-corrected chi connectivity index (χ1v) is 6.59. The highest BCUT2D eigenvalue weighted by Gasteiger charge is 2.37. The van der Waals surface area contributed by atoms with E-state index < -0.39 is 24.6 Å². The second-order valence-electron chi connectivity index (χ2n) is 4.35. The summed E-state index contributed by atoms with van der Waals surface area (Å²) in [6.07, 6.45) is -3.53. The predicted octanol–water partition coefficient (Wildman–Crippen LogP) is -1.11. The SMILES string of the molecule is CCCOCCOCCO[C@@H]1OC[C@H](O)[C@@H](O)[C@H]1O. The largest absolute Gasteiger partial charge is 0.388 e. The van der Waals surface area contributed by atoms with Crippen LogP contribution in [0.3, 0.4) is 0 Å². The van der Waals surface area contributed by atoms with Crippen molar-refractivity contribution in [3.63, 3.8) is 0 Å². The average Bonchev–Trinajstić information content (AvgIpc) is 2.41. The fourth-order valence-electron chi connectivity index (χ4n) is 1.62. The Bertz CT molecular complexity index is 226. The van der Waals surface area contributed by atoms with Gasteiger partial charge in [-0.25, -0.2) is 0 Å². The second kappa shape index (κ2) is 9.60. The second-order valence-corrected chi connectivity index (χ2v) is 4.35. The number of rotatable bonds is 9. The molecule has 0 saturated carbocycles. The third kappa shape index (κ3) is 6.13. The van der Waals surface area contributed by atoms with Gasteiger partial charge >= 0.3 is 0 Å². The highest BCUT2D eigenvalue weighted by molar-refractivity contribution is 4.82. The van der Waals surface area contributed by atoms with Gasteiger partial charge in [-0.15, -0.1) is 0 Å². The van der Waals surface area contributed by atoms with E-state index in [2.05, 4.69) is 0 Å². The van der Waals surface area contributed by atoms with Crippen molar-refractivity contribution in [3.8, 4) is 0 Å². The highest BCUT2D eigenvalue weighted by atomic mass is 16.7. The van der Waals surface area contributed by atoms with Crippen molar-refractivity contribution in [2.45, 2.75) is 37.9 Å². The molecule has 3 N–H and O–H groups in total. The summed E-state index contributed by atoms with van der Waals surface area (Å²) in [6, 6.07) is 0. The Balaban J connectivity index is 2.00. The maximum absolute atomic E-state index is 9.59. The summed E-state index contributed by atoms with van der Waals surface area (Å²) >= 11 is 0. The molecule has 7 heteroatoms. The van der Waals surface area contributed by atoms with E-state index in [1.807, 2.05) is 6.92 Å². The number of aliphatic hydroxyl groups excluding tert-OH is 3. The summed E-state index contributed by atoms with van der Waals surface area (Å²) in [6.45, 7) is 4.31. The van der Waals surface area contributed by atoms with Crippen LogP contribution in [0.4, 0.5) is 0 Å². The van der Waals surface area contributed by atoms with Crippen molar-refractivity contribution in [1.29, 1.82) is 0 Å². The fraction of sp³-hybridized carbons (Fsp3) is 1.00. The zero-order valence-corrected chi connectivity index (χ0v) is 11.2. The molecule has 0 aromatic heterocycles. The van der Waals surface area contributed by atoms with Crippen LogP contribution in [-0.2, 0) is 18.9 Å². The topological polar surface area (TPSA) is 97.6 Å². The van der Waals surface area contributed by atoms with Gasteiger partial charge in [-0.3, -0.25) is 0 Å². The molecule has 1 heterocycles. The molecule has 0 spiro atoms. The molecule has 0 aliphatic carbocycles. The van der Waals surface area contributed by atoms with Gasteiger partial charge in [0.2, 0.25) is 0 Å². The van der Waals surface area contributed by atoms with Crippen molar-refractivity contribution < 1.29 is 34.3 Å². The molecule has 114 valence electrons. The van der Waals surface area contributed by atoms with E-state index in [1.54, 1.807) is 0 Å². The lowest BCUT2D eigenvalue weighted by Gasteiger charge is -2.34. The smallest absolute Gasteiger partial charge is 0.186 e. The summed E-state index contributed by atoms with van der Waals surface area (Å²) < 4.78 is 20.8. The minimum Gasteiger partial charge on any atom is -0.388 e. The van der Waals surface area contributed by atoms with Crippen molar-refractivity contribution in [2.24, 2.45) is 0 Å². The van der Waals surface area contributed by atoms with Crippen LogP contribution in [0.2, 0.25) is 0 Å². The van der Waals surface area contributed by atoms with Crippen molar-refractivity contribution in [1.82, 2.24) is 0 Å². The maximum Gasteiger partial charge on any atom is 0.186 e. The average molecular weight is 280 g/mol. The Kier molecular flexibility index (Phi) is 8.47. The van der Waals surface area contributed by atoms with Crippen LogP contribution in [-0.4, -0.2) is 79.6 Å². The zero-order valence-electron chi connectivity index (χ0n) is 11.2. The molecule has 0 radical (unpaired) electrons. The lowest BCUT2D eigenvalue weighted by Crippen LogP contribution is -2.53. The molecular formula is C12H24O7. The summed E-state index contributed by atoms with van der Waals surface area (Å²) in [5.41, 5.74) is 0. The zero-order chi connectivity index (χ0) is 14.1. The van der Waals surface area contributed by atoms with Gasteiger partial charge in [-0.05, 0) is 6.42 Å². The third-order valence-corrected chi connectivity index (χ3v) is 2.68. The maximum atomic E-state index is 9.59. The van der Waals surface area contributed by atoms with Crippen LogP contribution in [0.5, 0.6) is 0 Å². The molecule has 0 bridgehead atoms. The predicted molar refractivity (Wildman–Crippen MR) is 65.6 cm³/mol. The normalized spacial score (nSPS) is 31.6. The molecule has 19 heavy (non-hydrogen) atoms. The van der Waals surface area contributed by atoms with E-state index in [9.17, 15) is 15.3 Å². The minimum atomic E-state index is -1.25. The van der Waals surface area contributed by atoms with E-state index >= 15 is 0 Å². The van der Waals surface area contributed by atoms with Gasteiger partial charge in [-0.2, -0.15) is 0 Å². The first-order chi connectivity index (χ1) is 9.16. The minimum absolute atomic E-state index is 0.0609. The number of aliphatic hydroxyl groups is 3. The first-order valence-electron chi connectivity index (χ1n) is 6.59. The molecule has 1 aliphatic rings. The van der Waals surface area contributed by atoms with E-state index in [1.165, 1.54) is 0 Å². The number of hydrogen-bond donors (Lipinski definition) is 3. The molecule has 1 rings (SSSR count).